The average Bonchev–Trinajstić information content (AvgIpc) is 2.82. The second kappa shape index (κ2) is 6.00. The van der Waals surface area contributed by atoms with Gasteiger partial charge >= 0.3 is 5.97 Å². The van der Waals surface area contributed by atoms with Crippen molar-refractivity contribution >= 4 is 11.7 Å². The molecule has 0 amide bonds. The molecule has 120 valence electrons. The van der Waals surface area contributed by atoms with E-state index in [1.807, 2.05) is 0 Å². The number of carbonyl (C=O) groups excluding carboxylic acids is 1. The van der Waals surface area contributed by atoms with Gasteiger partial charge in [0.2, 0.25) is 0 Å². The number of carbonyl (C=O) groups is 1. The third-order valence-corrected chi connectivity index (χ3v) is 3.13. The van der Waals surface area contributed by atoms with E-state index in [-0.39, 0.29) is 11.3 Å². The molecule has 9 heteroatoms. The van der Waals surface area contributed by atoms with Gasteiger partial charge in [-0.3, -0.25) is 0 Å². The van der Waals surface area contributed by atoms with Crippen LogP contribution in [0.4, 0.5) is 23.2 Å². The number of hydrogen-bond donors (Lipinski definition) is 1. The maximum atomic E-state index is 14.2. The van der Waals surface area contributed by atoms with Crippen LogP contribution in [0.5, 0.6) is 0 Å². The average molecular weight is 327 g/mol. The molecule has 0 aliphatic heterocycles. The third kappa shape index (κ3) is 2.59. The molecule has 1 heterocycles. The van der Waals surface area contributed by atoms with Crippen LogP contribution in [0.3, 0.4) is 0 Å². The molecule has 0 unspecified atom stereocenters. The molecule has 0 saturated heterocycles. The molecule has 0 bridgehead atoms. The van der Waals surface area contributed by atoms with Gasteiger partial charge in [0.1, 0.15) is 11.9 Å². The number of ether oxygens (including phenoxy) is 1. The van der Waals surface area contributed by atoms with Crippen molar-refractivity contribution in [3.63, 3.8) is 0 Å². The molecule has 0 atom stereocenters. The zero-order valence-electron chi connectivity index (χ0n) is 11.6. The van der Waals surface area contributed by atoms with Crippen molar-refractivity contribution in [2.75, 3.05) is 12.8 Å². The van der Waals surface area contributed by atoms with Crippen LogP contribution in [0.15, 0.2) is 18.3 Å². The normalized spacial score (nSPS) is 10.7. The highest BCUT2D eigenvalue weighted by atomic mass is 19.3. The molecule has 2 N–H and O–H groups in total. The number of nitrogens with two attached hydrogens (primary N) is 1. The number of benzene rings is 1. The zero-order chi connectivity index (χ0) is 17.3. The largest absolute Gasteiger partial charge is 0.464 e. The second-order valence-corrected chi connectivity index (χ2v) is 4.37. The summed E-state index contributed by atoms with van der Waals surface area (Å²) < 4.78 is 58.5. The Morgan fingerprint density at radius 3 is 2.57 bits per heavy atom. The predicted molar refractivity (Wildman–Crippen MR) is 71.1 cm³/mol. The molecule has 2 aromatic rings. The molecule has 0 radical (unpaired) electrons. The third-order valence-electron chi connectivity index (χ3n) is 3.13. The fraction of sp³-hybridized carbons (Fsp3) is 0.143. The first-order chi connectivity index (χ1) is 10.8. The van der Waals surface area contributed by atoms with Crippen molar-refractivity contribution in [3.8, 4) is 11.8 Å². The molecule has 0 spiro atoms. The van der Waals surface area contributed by atoms with E-state index in [0.717, 1.165) is 23.9 Å². The van der Waals surface area contributed by atoms with E-state index in [1.165, 1.54) is 0 Å². The number of alkyl halides is 2. The van der Waals surface area contributed by atoms with Crippen molar-refractivity contribution in [2.24, 2.45) is 0 Å². The SMILES string of the molecule is COC(=O)c1c(N)c(C#N)cn1-c1ccc(F)c(C(F)F)c1F. The summed E-state index contributed by atoms with van der Waals surface area (Å²) in [5, 5.41) is 8.94. The lowest BCUT2D eigenvalue weighted by atomic mass is 10.1. The first kappa shape index (κ1) is 16.4. The van der Waals surface area contributed by atoms with Crippen molar-refractivity contribution in [1.29, 1.82) is 5.26 Å². The second-order valence-electron chi connectivity index (χ2n) is 4.37. The maximum Gasteiger partial charge on any atom is 0.357 e. The number of halogens is 4. The highest BCUT2D eigenvalue weighted by Crippen LogP contribution is 2.32. The first-order valence-corrected chi connectivity index (χ1v) is 6.09. The number of hydrogen-bond acceptors (Lipinski definition) is 4. The minimum atomic E-state index is -3.40. The van der Waals surface area contributed by atoms with E-state index in [2.05, 4.69) is 4.74 Å². The van der Waals surface area contributed by atoms with Gasteiger partial charge in [0.15, 0.2) is 11.5 Å². The molecule has 1 aromatic carbocycles. The van der Waals surface area contributed by atoms with Crippen LogP contribution in [0, 0.1) is 23.0 Å². The Labute approximate surface area is 127 Å². The lowest BCUT2D eigenvalue weighted by Gasteiger charge is -2.12. The van der Waals surface area contributed by atoms with Crippen molar-refractivity contribution in [3.05, 3.63) is 46.8 Å². The molecule has 0 saturated carbocycles. The van der Waals surface area contributed by atoms with Gasteiger partial charge in [-0.2, -0.15) is 5.26 Å². The molecule has 0 fully saturated rings. The molecular formula is C14H9F4N3O2. The lowest BCUT2D eigenvalue weighted by molar-refractivity contribution is 0.0593. The fourth-order valence-electron chi connectivity index (χ4n) is 2.05. The molecular weight excluding hydrogens is 318 g/mol. The highest BCUT2D eigenvalue weighted by Gasteiger charge is 2.27. The van der Waals surface area contributed by atoms with Gasteiger partial charge in [0.25, 0.3) is 6.43 Å². The Kier molecular flexibility index (Phi) is 4.27. The minimum Gasteiger partial charge on any atom is -0.464 e. The van der Waals surface area contributed by atoms with E-state index < -0.39 is 41.0 Å². The standard InChI is InChI=1S/C14H9F4N3O2/c1-23-14(22)12-11(20)6(4-19)5-21(12)8-3-2-7(15)9(10(8)16)13(17)18/h2-3,5,13H,20H2,1H3. The summed E-state index contributed by atoms with van der Waals surface area (Å²) in [6, 6.07) is 3.15. The van der Waals surface area contributed by atoms with Crippen molar-refractivity contribution < 1.29 is 27.1 Å². The topological polar surface area (TPSA) is 81.0 Å². The number of esters is 1. The van der Waals surface area contributed by atoms with Crippen LogP contribution < -0.4 is 5.73 Å². The predicted octanol–water partition coefficient (Wildman–Crippen LogP) is 2.93. The van der Waals surface area contributed by atoms with Gasteiger partial charge in [0.05, 0.1) is 29.6 Å². The smallest absolute Gasteiger partial charge is 0.357 e. The number of rotatable bonds is 3. The summed E-state index contributed by atoms with van der Waals surface area (Å²) in [5.41, 5.74) is 2.70. The maximum absolute atomic E-state index is 14.2. The van der Waals surface area contributed by atoms with Crippen molar-refractivity contribution in [2.45, 2.75) is 6.43 Å². The highest BCUT2D eigenvalue weighted by molar-refractivity contribution is 5.96. The molecule has 1 aromatic heterocycles. The lowest BCUT2D eigenvalue weighted by Crippen LogP contribution is -2.13. The Bertz CT molecular complexity index is 824. The molecule has 0 aliphatic carbocycles. The molecule has 2 rings (SSSR count). The summed E-state index contributed by atoms with van der Waals surface area (Å²) in [7, 11) is 1.02. The Hall–Kier alpha value is -3.02. The van der Waals surface area contributed by atoms with Gasteiger partial charge in [-0.15, -0.1) is 0 Å². The van der Waals surface area contributed by atoms with Gasteiger partial charge < -0.3 is 15.0 Å². The van der Waals surface area contributed by atoms with E-state index >= 15 is 0 Å². The van der Waals surface area contributed by atoms with Gasteiger partial charge in [0, 0.05) is 6.20 Å². The van der Waals surface area contributed by atoms with E-state index in [0.29, 0.717) is 6.07 Å². The summed E-state index contributed by atoms with van der Waals surface area (Å²) in [5.74, 6) is -4.00. The molecule has 5 nitrogen and oxygen atoms in total. The number of methoxy groups -OCH3 is 1. The summed E-state index contributed by atoms with van der Waals surface area (Å²) in [6.45, 7) is 0. The van der Waals surface area contributed by atoms with Gasteiger partial charge in [-0.05, 0) is 12.1 Å². The zero-order valence-corrected chi connectivity index (χ0v) is 11.6. The van der Waals surface area contributed by atoms with E-state index in [1.54, 1.807) is 6.07 Å². The van der Waals surface area contributed by atoms with Crippen LogP contribution in [-0.2, 0) is 4.74 Å². The number of anilines is 1. The Balaban J connectivity index is 2.81. The van der Waals surface area contributed by atoms with Crippen LogP contribution in [0.2, 0.25) is 0 Å². The molecule has 23 heavy (non-hydrogen) atoms. The van der Waals surface area contributed by atoms with Crippen LogP contribution in [-0.4, -0.2) is 17.6 Å². The number of aromatic nitrogens is 1. The summed E-state index contributed by atoms with van der Waals surface area (Å²) >= 11 is 0. The molecule has 0 aliphatic rings. The van der Waals surface area contributed by atoms with Gasteiger partial charge in [-0.25, -0.2) is 22.4 Å². The van der Waals surface area contributed by atoms with E-state index in [9.17, 15) is 22.4 Å². The number of nitriles is 1. The Morgan fingerprint density at radius 2 is 2.04 bits per heavy atom. The van der Waals surface area contributed by atoms with Crippen LogP contribution in [0.25, 0.3) is 5.69 Å². The fourth-order valence-corrected chi connectivity index (χ4v) is 2.05. The summed E-state index contributed by atoms with van der Waals surface area (Å²) in [4.78, 5) is 11.8. The number of nitrogen functional groups attached to an aromatic ring is 1. The van der Waals surface area contributed by atoms with Crippen LogP contribution in [0.1, 0.15) is 28.0 Å². The quantitative estimate of drug-likeness (QED) is 0.694. The monoisotopic (exact) mass is 327 g/mol. The minimum absolute atomic E-state index is 0.187. The first-order valence-electron chi connectivity index (χ1n) is 6.09. The number of nitrogens with zero attached hydrogens (tertiary/aromatic N) is 2. The summed E-state index contributed by atoms with van der Waals surface area (Å²) in [6.07, 6.45) is -2.42. The Morgan fingerprint density at radius 1 is 1.39 bits per heavy atom. The van der Waals surface area contributed by atoms with Crippen molar-refractivity contribution in [1.82, 2.24) is 4.57 Å². The van der Waals surface area contributed by atoms with Gasteiger partial charge in [-0.1, -0.05) is 0 Å². The van der Waals surface area contributed by atoms with E-state index in [4.69, 9.17) is 11.0 Å². The van der Waals surface area contributed by atoms with Crippen LogP contribution >= 0.6 is 0 Å².